The fourth-order valence-electron chi connectivity index (χ4n) is 1.63. The van der Waals surface area contributed by atoms with Crippen molar-refractivity contribution >= 4 is 12.4 Å². The second kappa shape index (κ2) is 6.93. The molecule has 1 fully saturated rings. The van der Waals surface area contributed by atoms with Crippen molar-refractivity contribution in [2.45, 2.75) is 51.5 Å². The van der Waals surface area contributed by atoms with Crippen molar-refractivity contribution < 1.29 is 0 Å². The molecule has 68 valence electrons. The molecule has 0 amide bonds. The lowest BCUT2D eigenvalue weighted by atomic mass is 10.0. The maximum atomic E-state index is 3.57. The molecule has 1 N–H and O–H groups in total. The Morgan fingerprint density at radius 2 is 1.91 bits per heavy atom. The Labute approximate surface area is 76.4 Å². The molecule has 0 bridgehead atoms. The Morgan fingerprint density at radius 3 is 2.64 bits per heavy atom. The van der Waals surface area contributed by atoms with Gasteiger partial charge in [-0.15, -0.1) is 12.4 Å². The summed E-state index contributed by atoms with van der Waals surface area (Å²) in [4.78, 5) is 0. The highest BCUT2D eigenvalue weighted by molar-refractivity contribution is 5.85. The number of rotatable bonds is 1. The standard InChI is InChI=1S/C9H19N.ClH/c1-2-9-7-5-3-4-6-8-10-9;/h9-10H,2-8H2,1H3;1H. The third-order valence-corrected chi connectivity index (χ3v) is 2.41. The van der Waals surface area contributed by atoms with Crippen molar-refractivity contribution in [3.63, 3.8) is 0 Å². The minimum absolute atomic E-state index is 0. The minimum atomic E-state index is 0. The van der Waals surface area contributed by atoms with Crippen LogP contribution in [0.5, 0.6) is 0 Å². The smallest absolute Gasteiger partial charge is 0.00644 e. The summed E-state index contributed by atoms with van der Waals surface area (Å²) in [6.45, 7) is 3.53. The van der Waals surface area contributed by atoms with E-state index in [0.29, 0.717) is 0 Å². The quantitative estimate of drug-likeness (QED) is 0.650. The normalized spacial score (nSPS) is 26.5. The highest BCUT2D eigenvalue weighted by Gasteiger charge is 2.06. The van der Waals surface area contributed by atoms with Crippen molar-refractivity contribution in [2.24, 2.45) is 0 Å². The molecule has 0 saturated carbocycles. The second-order valence-electron chi connectivity index (χ2n) is 3.26. The Hall–Kier alpha value is 0.250. The molecular weight excluding hydrogens is 158 g/mol. The van der Waals surface area contributed by atoms with Gasteiger partial charge in [-0.2, -0.15) is 0 Å². The fraction of sp³-hybridized carbons (Fsp3) is 1.00. The highest BCUT2D eigenvalue weighted by Crippen LogP contribution is 2.10. The first-order chi connectivity index (χ1) is 4.93. The van der Waals surface area contributed by atoms with Gasteiger partial charge in [0.05, 0.1) is 0 Å². The lowest BCUT2D eigenvalue weighted by molar-refractivity contribution is 0.409. The van der Waals surface area contributed by atoms with Crippen LogP contribution in [-0.2, 0) is 0 Å². The zero-order valence-electron chi connectivity index (χ0n) is 7.44. The van der Waals surface area contributed by atoms with Gasteiger partial charge in [-0.3, -0.25) is 0 Å². The van der Waals surface area contributed by atoms with E-state index < -0.39 is 0 Å². The van der Waals surface area contributed by atoms with E-state index in [1.165, 1.54) is 45.1 Å². The monoisotopic (exact) mass is 177 g/mol. The van der Waals surface area contributed by atoms with Crippen LogP contribution < -0.4 is 5.32 Å². The third-order valence-electron chi connectivity index (χ3n) is 2.41. The van der Waals surface area contributed by atoms with Crippen LogP contribution in [-0.4, -0.2) is 12.6 Å². The van der Waals surface area contributed by atoms with E-state index in [4.69, 9.17) is 0 Å². The summed E-state index contributed by atoms with van der Waals surface area (Å²) >= 11 is 0. The van der Waals surface area contributed by atoms with Crippen LogP contribution in [0.3, 0.4) is 0 Å². The Kier molecular flexibility index (Phi) is 7.09. The molecule has 0 spiro atoms. The van der Waals surface area contributed by atoms with E-state index in [0.717, 1.165) is 6.04 Å². The van der Waals surface area contributed by atoms with Crippen LogP contribution in [0.25, 0.3) is 0 Å². The summed E-state index contributed by atoms with van der Waals surface area (Å²) < 4.78 is 0. The maximum absolute atomic E-state index is 3.57. The lowest BCUT2D eigenvalue weighted by Crippen LogP contribution is -2.30. The van der Waals surface area contributed by atoms with Crippen molar-refractivity contribution in [1.29, 1.82) is 0 Å². The number of hydrogen-bond acceptors (Lipinski definition) is 1. The summed E-state index contributed by atoms with van der Waals surface area (Å²) in [5.74, 6) is 0. The van der Waals surface area contributed by atoms with Crippen LogP contribution >= 0.6 is 12.4 Å². The second-order valence-corrected chi connectivity index (χ2v) is 3.26. The van der Waals surface area contributed by atoms with Crippen LogP contribution in [0.4, 0.5) is 0 Å². The average Bonchev–Trinajstić information content (AvgIpc) is 1.87. The molecule has 2 heteroatoms. The summed E-state index contributed by atoms with van der Waals surface area (Å²) in [5.41, 5.74) is 0. The summed E-state index contributed by atoms with van der Waals surface area (Å²) in [6, 6.07) is 0.820. The Bertz CT molecular complexity index is 77.6. The van der Waals surface area contributed by atoms with Crippen LogP contribution in [0.1, 0.15) is 45.4 Å². The van der Waals surface area contributed by atoms with Gasteiger partial charge >= 0.3 is 0 Å². The lowest BCUT2D eigenvalue weighted by Gasteiger charge is -2.19. The molecule has 0 aromatic rings. The third kappa shape index (κ3) is 4.65. The van der Waals surface area contributed by atoms with E-state index in [9.17, 15) is 0 Å². The highest BCUT2D eigenvalue weighted by atomic mass is 35.5. The molecule has 1 unspecified atom stereocenters. The van der Waals surface area contributed by atoms with Gasteiger partial charge in [-0.1, -0.05) is 26.2 Å². The van der Waals surface area contributed by atoms with Gasteiger partial charge < -0.3 is 5.32 Å². The van der Waals surface area contributed by atoms with E-state index in [1.807, 2.05) is 0 Å². The van der Waals surface area contributed by atoms with Crippen molar-refractivity contribution in [3.05, 3.63) is 0 Å². The van der Waals surface area contributed by atoms with Gasteiger partial charge in [0.2, 0.25) is 0 Å². The molecule has 1 saturated heterocycles. The van der Waals surface area contributed by atoms with E-state index in [2.05, 4.69) is 12.2 Å². The predicted molar refractivity (Wildman–Crippen MR) is 52.4 cm³/mol. The summed E-state index contributed by atoms with van der Waals surface area (Å²) in [7, 11) is 0. The van der Waals surface area contributed by atoms with Crippen LogP contribution in [0, 0.1) is 0 Å². The van der Waals surface area contributed by atoms with Gasteiger partial charge in [-0.25, -0.2) is 0 Å². The molecular formula is C9H20ClN. The largest absolute Gasteiger partial charge is 0.314 e. The molecule has 0 aliphatic carbocycles. The van der Waals surface area contributed by atoms with E-state index >= 15 is 0 Å². The zero-order chi connectivity index (χ0) is 7.23. The van der Waals surface area contributed by atoms with E-state index in [1.54, 1.807) is 0 Å². The Morgan fingerprint density at radius 1 is 1.18 bits per heavy atom. The van der Waals surface area contributed by atoms with Crippen molar-refractivity contribution in [1.82, 2.24) is 5.32 Å². The van der Waals surface area contributed by atoms with E-state index in [-0.39, 0.29) is 12.4 Å². The van der Waals surface area contributed by atoms with Crippen molar-refractivity contribution in [3.8, 4) is 0 Å². The molecule has 1 heterocycles. The maximum Gasteiger partial charge on any atom is 0.00644 e. The predicted octanol–water partition coefficient (Wildman–Crippen LogP) is 2.74. The first kappa shape index (κ1) is 11.2. The molecule has 1 nitrogen and oxygen atoms in total. The first-order valence-corrected chi connectivity index (χ1v) is 4.67. The van der Waals surface area contributed by atoms with Gasteiger partial charge in [0, 0.05) is 6.04 Å². The molecule has 1 rings (SSSR count). The number of hydrogen-bond donors (Lipinski definition) is 1. The molecule has 1 atom stereocenters. The number of nitrogens with one attached hydrogen (secondary N) is 1. The topological polar surface area (TPSA) is 12.0 Å². The fourth-order valence-corrected chi connectivity index (χ4v) is 1.63. The minimum Gasteiger partial charge on any atom is -0.314 e. The molecule has 1 aliphatic heterocycles. The molecule has 0 radical (unpaired) electrons. The molecule has 0 aromatic carbocycles. The summed E-state index contributed by atoms with van der Waals surface area (Å²) in [5, 5.41) is 3.57. The summed E-state index contributed by atoms with van der Waals surface area (Å²) in [6.07, 6.45) is 8.42. The van der Waals surface area contributed by atoms with Crippen LogP contribution in [0.15, 0.2) is 0 Å². The Balaban J connectivity index is 0.000001000. The van der Waals surface area contributed by atoms with Gasteiger partial charge in [0.25, 0.3) is 0 Å². The van der Waals surface area contributed by atoms with Gasteiger partial charge in [-0.05, 0) is 25.8 Å². The molecule has 0 aromatic heterocycles. The van der Waals surface area contributed by atoms with Gasteiger partial charge in [0.1, 0.15) is 0 Å². The SMILES string of the molecule is CCC1CCCCCCN1.Cl. The average molecular weight is 178 g/mol. The van der Waals surface area contributed by atoms with Crippen LogP contribution in [0.2, 0.25) is 0 Å². The first-order valence-electron chi connectivity index (χ1n) is 4.67. The number of halogens is 1. The van der Waals surface area contributed by atoms with Crippen molar-refractivity contribution in [2.75, 3.05) is 6.54 Å². The van der Waals surface area contributed by atoms with Gasteiger partial charge in [0.15, 0.2) is 0 Å². The molecule has 1 aliphatic rings. The zero-order valence-corrected chi connectivity index (χ0v) is 8.25. The molecule has 11 heavy (non-hydrogen) atoms.